The number of ketones is 1. The second kappa shape index (κ2) is 5.98. The van der Waals surface area contributed by atoms with E-state index in [1.54, 1.807) is 0 Å². The number of hydrogen-bond donors (Lipinski definition) is 0. The van der Waals surface area contributed by atoms with Crippen molar-refractivity contribution in [1.82, 2.24) is 4.90 Å². The maximum Gasteiger partial charge on any atom is 0.201 e. The first-order chi connectivity index (χ1) is 11.2. The molecular formula is C18H13BrN2OS. The zero-order valence-electron chi connectivity index (χ0n) is 12.2. The summed E-state index contributed by atoms with van der Waals surface area (Å²) in [6.07, 6.45) is 0. The Balaban J connectivity index is 1.83. The minimum absolute atomic E-state index is 0.0608. The van der Waals surface area contributed by atoms with E-state index in [2.05, 4.69) is 25.8 Å². The molecule has 5 heteroatoms. The molecule has 0 spiro atoms. The third-order valence-corrected chi connectivity index (χ3v) is 5.48. The van der Waals surface area contributed by atoms with Gasteiger partial charge in [-0.3, -0.25) is 9.79 Å². The van der Waals surface area contributed by atoms with Gasteiger partial charge in [0.25, 0.3) is 0 Å². The van der Waals surface area contributed by atoms with Crippen LogP contribution in [0.5, 0.6) is 0 Å². The molecule has 2 aromatic carbocycles. The van der Waals surface area contributed by atoms with Crippen molar-refractivity contribution in [2.75, 3.05) is 13.1 Å². The van der Waals surface area contributed by atoms with E-state index in [9.17, 15) is 4.79 Å². The van der Waals surface area contributed by atoms with E-state index in [0.29, 0.717) is 5.56 Å². The third-order valence-electron chi connectivity index (χ3n) is 3.84. The van der Waals surface area contributed by atoms with Gasteiger partial charge in [0.2, 0.25) is 5.78 Å². The highest BCUT2D eigenvalue weighted by atomic mass is 79.9. The van der Waals surface area contributed by atoms with Gasteiger partial charge in [0.15, 0.2) is 5.17 Å². The zero-order valence-corrected chi connectivity index (χ0v) is 14.6. The number of rotatable bonds is 3. The largest absolute Gasteiger partial charge is 0.317 e. The Morgan fingerprint density at radius 2 is 1.83 bits per heavy atom. The topological polar surface area (TPSA) is 32.7 Å². The van der Waals surface area contributed by atoms with Crippen LogP contribution in [0.1, 0.15) is 15.9 Å². The van der Waals surface area contributed by atoms with Crippen LogP contribution in [-0.4, -0.2) is 28.9 Å². The number of thioether (sulfide) groups is 1. The SMILES string of the molecule is O=C(C1=C(c2ccc(Br)cc2)N2CCN=C2S1)c1ccccc1. The van der Waals surface area contributed by atoms with Crippen LogP contribution in [0.25, 0.3) is 5.70 Å². The number of amidine groups is 1. The molecule has 0 aromatic heterocycles. The Kier molecular flexibility index (Phi) is 3.83. The highest BCUT2D eigenvalue weighted by molar-refractivity contribution is 9.10. The Bertz CT molecular complexity index is 828. The number of carbonyl (C=O) groups is 1. The molecular weight excluding hydrogens is 372 g/mol. The molecule has 0 atom stereocenters. The van der Waals surface area contributed by atoms with Crippen LogP contribution in [0.3, 0.4) is 0 Å². The fourth-order valence-corrected chi connectivity index (χ4v) is 4.18. The Labute approximate surface area is 147 Å². The lowest BCUT2D eigenvalue weighted by atomic mass is 10.1. The molecule has 2 heterocycles. The monoisotopic (exact) mass is 384 g/mol. The third kappa shape index (κ3) is 2.64. The van der Waals surface area contributed by atoms with Crippen LogP contribution in [0, 0.1) is 0 Å². The van der Waals surface area contributed by atoms with Gasteiger partial charge in [0.1, 0.15) is 0 Å². The maximum atomic E-state index is 13.0. The number of aliphatic imine (C=N–C) groups is 1. The van der Waals surface area contributed by atoms with Crippen molar-refractivity contribution in [3.8, 4) is 0 Å². The Morgan fingerprint density at radius 1 is 1.09 bits per heavy atom. The van der Waals surface area contributed by atoms with Crippen LogP contribution < -0.4 is 0 Å². The van der Waals surface area contributed by atoms with E-state index < -0.39 is 0 Å². The van der Waals surface area contributed by atoms with Crippen LogP contribution in [0.15, 0.2) is 69.0 Å². The molecule has 0 aliphatic carbocycles. The molecule has 114 valence electrons. The summed E-state index contributed by atoms with van der Waals surface area (Å²) in [7, 11) is 0. The predicted octanol–water partition coefficient (Wildman–Crippen LogP) is 4.42. The minimum atomic E-state index is 0.0608. The van der Waals surface area contributed by atoms with Gasteiger partial charge in [-0.1, -0.05) is 58.4 Å². The van der Waals surface area contributed by atoms with Crippen LogP contribution >= 0.6 is 27.7 Å². The number of carbonyl (C=O) groups excluding carboxylic acids is 1. The van der Waals surface area contributed by atoms with Gasteiger partial charge in [-0.2, -0.15) is 0 Å². The summed E-state index contributed by atoms with van der Waals surface area (Å²) >= 11 is 4.95. The quantitative estimate of drug-likeness (QED) is 0.734. The van der Waals surface area contributed by atoms with E-state index in [1.165, 1.54) is 11.8 Å². The molecule has 0 fully saturated rings. The average Bonchev–Trinajstić information content (AvgIpc) is 3.17. The average molecular weight is 385 g/mol. The normalized spacial score (nSPS) is 16.6. The Morgan fingerprint density at radius 3 is 2.57 bits per heavy atom. The van der Waals surface area contributed by atoms with Crippen LogP contribution in [-0.2, 0) is 0 Å². The van der Waals surface area contributed by atoms with Crippen molar-refractivity contribution in [2.24, 2.45) is 4.99 Å². The molecule has 0 unspecified atom stereocenters. The number of nitrogens with zero attached hydrogens (tertiary/aromatic N) is 2. The van der Waals surface area contributed by atoms with E-state index in [0.717, 1.165) is 38.9 Å². The van der Waals surface area contributed by atoms with Crippen molar-refractivity contribution >= 4 is 44.3 Å². The van der Waals surface area contributed by atoms with E-state index >= 15 is 0 Å². The second-order valence-corrected chi connectivity index (χ2v) is 7.19. The van der Waals surface area contributed by atoms with E-state index in [4.69, 9.17) is 0 Å². The number of benzene rings is 2. The summed E-state index contributed by atoms with van der Waals surface area (Å²) in [6.45, 7) is 1.62. The molecule has 0 saturated heterocycles. The highest BCUT2D eigenvalue weighted by Gasteiger charge is 2.36. The number of Topliss-reactive ketones (excluding diaryl/α,β-unsaturated/α-hetero) is 1. The first-order valence-electron chi connectivity index (χ1n) is 7.34. The molecule has 3 nitrogen and oxygen atoms in total. The lowest BCUT2D eigenvalue weighted by Crippen LogP contribution is -2.20. The fraction of sp³-hybridized carbons (Fsp3) is 0.111. The van der Waals surface area contributed by atoms with Crippen molar-refractivity contribution in [3.05, 3.63) is 75.1 Å². The zero-order chi connectivity index (χ0) is 15.8. The fourth-order valence-electron chi connectivity index (χ4n) is 2.75. The summed E-state index contributed by atoms with van der Waals surface area (Å²) in [5, 5.41) is 0.933. The second-order valence-electron chi connectivity index (χ2n) is 5.30. The number of allylic oxidation sites excluding steroid dienone is 1. The van der Waals surface area contributed by atoms with Gasteiger partial charge >= 0.3 is 0 Å². The van der Waals surface area contributed by atoms with Gasteiger partial charge in [0, 0.05) is 16.6 Å². The van der Waals surface area contributed by atoms with Gasteiger partial charge < -0.3 is 4.90 Å². The van der Waals surface area contributed by atoms with Crippen molar-refractivity contribution in [3.63, 3.8) is 0 Å². The minimum Gasteiger partial charge on any atom is -0.317 e. The summed E-state index contributed by atoms with van der Waals surface area (Å²) in [5.74, 6) is 0.0608. The predicted molar refractivity (Wildman–Crippen MR) is 98.4 cm³/mol. The number of halogens is 1. The Hall–Kier alpha value is -1.85. The van der Waals surface area contributed by atoms with Crippen LogP contribution in [0.2, 0.25) is 0 Å². The summed E-state index contributed by atoms with van der Waals surface area (Å²) in [5.41, 5.74) is 2.74. The lowest BCUT2D eigenvalue weighted by Gasteiger charge is -2.17. The maximum absolute atomic E-state index is 13.0. The van der Waals surface area contributed by atoms with Crippen molar-refractivity contribution < 1.29 is 4.79 Å². The molecule has 2 aliphatic rings. The standard InChI is InChI=1S/C18H13BrN2OS/c19-14-8-6-12(7-9-14)15-17(23-18-20-10-11-21(15)18)16(22)13-4-2-1-3-5-13/h1-9H,10-11H2. The van der Waals surface area contributed by atoms with Gasteiger partial charge in [-0.05, 0) is 29.5 Å². The molecule has 0 saturated carbocycles. The van der Waals surface area contributed by atoms with Crippen LogP contribution in [0.4, 0.5) is 0 Å². The first kappa shape index (κ1) is 14.7. The van der Waals surface area contributed by atoms with Gasteiger partial charge in [0.05, 0.1) is 17.1 Å². The summed E-state index contributed by atoms with van der Waals surface area (Å²) < 4.78 is 1.03. The van der Waals surface area contributed by atoms with Gasteiger partial charge in [-0.15, -0.1) is 0 Å². The highest BCUT2D eigenvalue weighted by Crippen LogP contribution is 2.43. The van der Waals surface area contributed by atoms with Crippen molar-refractivity contribution in [1.29, 1.82) is 0 Å². The summed E-state index contributed by atoms with van der Waals surface area (Å²) in [6, 6.07) is 17.5. The molecule has 4 rings (SSSR count). The molecule has 2 aromatic rings. The number of hydrogen-bond acceptors (Lipinski definition) is 4. The van der Waals surface area contributed by atoms with Gasteiger partial charge in [-0.25, -0.2) is 0 Å². The molecule has 0 amide bonds. The molecule has 0 bridgehead atoms. The smallest absolute Gasteiger partial charge is 0.201 e. The molecule has 2 aliphatic heterocycles. The van der Waals surface area contributed by atoms with Crippen molar-refractivity contribution in [2.45, 2.75) is 0 Å². The molecule has 23 heavy (non-hydrogen) atoms. The lowest BCUT2D eigenvalue weighted by molar-refractivity contribution is 0.104. The molecule has 0 radical (unpaired) electrons. The van der Waals surface area contributed by atoms with E-state index in [1.807, 2.05) is 54.6 Å². The van der Waals surface area contributed by atoms with E-state index in [-0.39, 0.29) is 5.78 Å². The first-order valence-corrected chi connectivity index (χ1v) is 8.95. The molecule has 0 N–H and O–H groups in total. The summed E-state index contributed by atoms with van der Waals surface area (Å²) in [4.78, 5) is 20.4. The number of fused-ring (bicyclic) bond motifs is 1.